The van der Waals surface area contributed by atoms with Crippen molar-refractivity contribution in [2.24, 2.45) is 0 Å². The van der Waals surface area contributed by atoms with Gasteiger partial charge in [-0.15, -0.1) is 11.6 Å². The van der Waals surface area contributed by atoms with E-state index in [1.54, 1.807) is 18.3 Å². The number of carbonyl (C=O) groups is 1. The molecule has 14 heavy (non-hydrogen) atoms. The highest BCUT2D eigenvalue weighted by Crippen LogP contribution is 2.07. The second-order valence-corrected chi connectivity index (χ2v) is 3.00. The van der Waals surface area contributed by atoms with E-state index in [0.29, 0.717) is 18.0 Å². The van der Waals surface area contributed by atoms with Crippen LogP contribution in [0.25, 0.3) is 6.08 Å². The van der Waals surface area contributed by atoms with Gasteiger partial charge in [-0.2, -0.15) is 0 Å². The maximum atomic E-state index is 10.8. The number of aromatic carboxylic acids is 1. The summed E-state index contributed by atoms with van der Waals surface area (Å²) in [5, 5.41) is 8.82. The Morgan fingerprint density at radius 2 is 2.43 bits per heavy atom. The van der Waals surface area contributed by atoms with Crippen molar-refractivity contribution in [3.05, 3.63) is 35.7 Å². The van der Waals surface area contributed by atoms with Gasteiger partial charge in [0.2, 0.25) is 0 Å². The Labute approximate surface area is 87.0 Å². The van der Waals surface area contributed by atoms with Gasteiger partial charge in [0.15, 0.2) is 0 Å². The van der Waals surface area contributed by atoms with E-state index in [-0.39, 0.29) is 5.56 Å². The quantitative estimate of drug-likeness (QED) is 0.779. The minimum Gasteiger partial charge on any atom is -0.478 e. The van der Waals surface area contributed by atoms with Crippen molar-refractivity contribution >= 4 is 23.6 Å². The number of hydrogen-bond donors (Lipinski definition) is 1. The molecule has 0 radical (unpaired) electrons. The Morgan fingerprint density at radius 1 is 1.64 bits per heavy atom. The molecule has 0 saturated carbocycles. The first-order chi connectivity index (χ1) is 6.75. The lowest BCUT2D eigenvalue weighted by atomic mass is 10.2. The van der Waals surface area contributed by atoms with Crippen LogP contribution in [-0.2, 0) is 0 Å². The molecule has 0 aliphatic heterocycles. The van der Waals surface area contributed by atoms with Gasteiger partial charge in [0.25, 0.3) is 0 Å². The van der Waals surface area contributed by atoms with Crippen LogP contribution in [0.15, 0.2) is 24.4 Å². The van der Waals surface area contributed by atoms with Crippen LogP contribution in [0.2, 0.25) is 0 Å². The number of alkyl halides is 1. The van der Waals surface area contributed by atoms with Crippen molar-refractivity contribution in [1.29, 1.82) is 0 Å². The lowest BCUT2D eigenvalue weighted by Crippen LogP contribution is -2.00. The summed E-state index contributed by atoms with van der Waals surface area (Å²) in [6, 6.07) is 3.12. The average Bonchev–Trinajstić information content (AvgIpc) is 2.19. The van der Waals surface area contributed by atoms with E-state index in [0.717, 1.165) is 0 Å². The van der Waals surface area contributed by atoms with Crippen molar-refractivity contribution in [2.75, 3.05) is 5.88 Å². The molecule has 0 atom stereocenters. The number of rotatable bonds is 4. The highest BCUT2D eigenvalue weighted by molar-refractivity contribution is 6.17. The molecule has 74 valence electrons. The third kappa shape index (κ3) is 2.85. The fourth-order valence-corrected chi connectivity index (χ4v) is 1.12. The fourth-order valence-electron chi connectivity index (χ4n) is 0.989. The average molecular weight is 212 g/mol. The van der Waals surface area contributed by atoms with Crippen LogP contribution in [-0.4, -0.2) is 21.9 Å². The number of allylic oxidation sites excluding steroid dienone is 1. The summed E-state index contributed by atoms with van der Waals surface area (Å²) < 4.78 is 0. The van der Waals surface area contributed by atoms with Gasteiger partial charge in [-0.25, -0.2) is 4.79 Å². The van der Waals surface area contributed by atoms with Gasteiger partial charge in [-0.3, -0.25) is 4.98 Å². The number of hydrogen-bond acceptors (Lipinski definition) is 2. The number of pyridine rings is 1. The Kier molecular flexibility index (Phi) is 4.13. The van der Waals surface area contributed by atoms with Crippen LogP contribution >= 0.6 is 11.6 Å². The fraction of sp³-hybridized carbons (Fsp3) is 0.200. The molecule has 1 aromatic heterocycles. The summed E-state index contributed by atoms with van der Waals surface area (Å²) >= 11 is 5.48. The standard InChI is InChI=1S/C10H10ClNO2/c11-6-2-1-5-9-8(10(13)14)4-3-7-12-9/h1,3-5,7H,2,6H2,(H,13,14). The predicted molar refractivity (Wildman–Crippen MR) is 55.6 cm³/mol. The Balaban J connectivity index is 2.90. The molecule has 1 rings (SSSR count). The molecule has 0 unspecified atom stereocenters. The van der Waals surface area contributed by atoms with Gasteiger partial charge in [0.05, 0.1) is 11.3 Å². The number of nitrogens with zero attached hydrogens (tertiary/aromatic N) is 1. The van der Waals surface area contributed by atoms with Crippen LogP contribution in [0.1, 0.15) is 22.5 Å². The van der Waals surface area contributed by atoms with Crippen molar-refractivity contribution in [3.8, 4) is 0 Å². The summed E-state index contributed by atoms with van der Waals surface area (Å²) in [6.07, 6.45) is 5.75. The van der Waals surface area contributed by atoms with Gasteiger partial charge in [0.1, 0.15) is 0 Å². The third-order valence-corrected chi connectivity index (χ3v) is 1.84. The zero-order valence-electron chi connectivity index (χ0n) is 7.48. The maximum absolute atomic E-state index is 10.8. The Hall–Kier alpha value is -1.35. The minimum atomic E-state index is -0.969. The van der Waals surface area contributed by atoms with Crippen LogP contribution in [0.5, 0.6) is 0 Å². The molecular weight excluding hydrogens is 202 g/mol. The smallest absolute Gasteiger partial charge is 0.337 e. The van der Waals surface area contributed by atoms with Gasteiger partial charge in [-0.05, 0) is 24.6 Å². The molecule has 4 heteroatoms. The van der Waals surface area contributed by atoms with Gasteiger partial charge in [0, 0.05) is 12.1 Å². The van der Waals surface area contributed by atoms with Crippen molar-refractivity contribution in [1.82, 2.24) is 4.98 Å². The zero-order valence-corrected chi connectivity index (χ0v) is 8.24. The molecule has 1 N–H and O–H groups in total. The molecule has 0 saturated heterocycles. The minimum absolute atomic E-state index is 0.207. The normalized spacial score (nSPS) is 10.6. The summed E-state index contributed by atoms with van der Waals surface area (Å²) in [5.41, 5.74) is 0.670. The monoisotopic (exact) mass is 211 g/mol. The van der Waals surface area contributed by atoms with Crippen LogP contribution < -0.4 is 0 Å². The highest BCUT2D eigenvalue weighted by atomic mass is 35.5. The molecule has 0 fully saturated rings. The topological polar surface area (TPSA) is 50.2 Å². The van der Waals surface area contributed by atoms with E-state index >= 15 is 0 Å². The molecule has 3 nitrogen and oxygen atoms in total. The number of carboxylic acid groups (broad SMARTS) is 1. The van der Waals surface area contributed by atoms with E-state index in [1.165, 1.54) is 6.07 Å². The predicted octanol–water partition coefficient (Wildman–Crippen LogP) is 2.42. The maximum Gasteiger partial charge on any atom is 0.337 e. The molecule has 0 bridgehead atoms. The first-order valence-electron chi connectivity index (χ1n) is 4.16. The molecular formula is C10H10ClNO2. The summed E-state index contributed by atoms with van der Waals surface area (Å²) in [5.74, 6) is -0.449. The summed E-state index contributed by atoms with van der Waals surface area (Å²) in [6.45, 7) is 0. The molecule has 1 heterocycles. The SMILES string of the molecule is O=C(O)c1cccnc1C=CCCCl. The molecule has 0 aromatic carbocycles. The number of aromatic nitrogens is 1. The first kappa shape index (κ1) is 10.7. The van der Waals surface area contributed by atoms with E-state index in [2.05, 4.69) is 4.98 Å². The van der Waals surface area contributed by atoms with E-state index in [1.807, 2.05) is 6.08 Å². The second kappa shape index (κ2) is 5.40. The Bertz CT molecular complexity index is 350. The van der Waals surface area contributed by atoms with Crippen molar-refractivity contribution in [2.45, 2.75) is 6.42 Å². The van der Waals surface area contributed by atoms with Gasteiger partial charge < -0.3 is 5.11 Å². The molecule has 0 aliphatic carbocycles. The Morgan fingerprint density at radius 3 is 3.07 bits per heavy atom. The largest absolute Gasteiger partial charge is 0.478 e. The molecule has 0 spiro atoms. The lowest BCUT2D eigenvalue weighted by molar-refractivity contribution is 0.0696. The van der Waals surface area contributed by atoms with Crippen LogP contribution in [0, 0.1) is 0 Å². The summed E-state index contributed by atoms with van der Waals surface area (Å²) in [4.78, 5) is 14.7. The highest BCUT2D eigenvalue weighted by Gasteiger charge is 2.06. The van der Waals surface area contributed by atoms with E-state index in [4.69, 9.17) is 16.7 Å². The lowest BCUT2D eigenvalue weighted by Gasteiger charge is -1.98. The van der Waals surface area contributed by atoms with Crippen molar-refractivity contribution in [3.63, 3.8) is 0 Å². The number of carboxylic acids is 1. The van der Waals surface area contributed by atoms with Gasteiger partial charge >= 0.3 is 5.97 Å². The van der Waals surface area contributed by atoms with E-state index in [9.17, 15) is 4.79 Å². The van der Waals surface area contributed by atoms with E-state index < -0.39 is 5.97 Å². The third-order valence-electron chi connectivity index (χ3n) is 1.62. The zero-order chi connectivity index (χ0) is 10.4. The van der Waals surface area contributed by atoms with Crippen LogP contribution in [0.4, 0.5) is 0 Å². The van der Waals surface area contributed by atoms with Gasteiger partial charge in [-0.1, -0.05) is 6.08 Å². The molecule has 1 aromatic rings. The summed E-state index contributed by atoms with van der Waals surface area (Å²) in [7, 11) is 0. The molecule has 0 amide bonds. The van der Waals surface area contributed by atoms with Crippen LogP contribution in [0.3, 0.4) is 0 Å². The number of halogens is 1. The first-order valence-corrected chi connectivity index (χ1v) is 4.70. The molecule has 0 aliphatic rings. The van der Waals surface area contributed by atoms with Crippen molar-refractivity contribution < 1.29 is 9.90 Å². The second-order valence-electron chi connectivity index (χ2n) is 2.62.